The minimum absolute atomic E-state index is 0.447. The number of halogens is 3. The molecular formula is C12H9Br2ClOS. The fraction of sp³-hybridized carbons (Fsp3) is 0.167. The number of rotatable bonds is 4. The number of para-hydroxylation sites is 1. The monoisotopic (exact) mass is 394 g/mol. The number of benzene rings is 1. The van der Waals surface area contributed by atoms with Gasteiger partial charge >= 0.3 is 0 Å². The molecule has 0 atom stereocenters. The Labute approximate surface area is 126 Å². The van der Waals surface area contributed by atoms with E-state index in [1.807, 2.05) is 30.3 Å². The van der Waals surface area contributed by atoms with Gasteiger partial charge in [0.1, 0.15) is 12.4 Å². The van der Waals surface area contributed by atoms with Crippen molar-refractivity contribution in [3.8, 4) is 5.75 Å². The van der Waals surface area contributed by atoms with Crippen LogP contribution in [0, 0.1) is 0 Å². The van der Waals surface area contributed by atoms with E-state index >= 15 is 0 Å². The third kappa shape index (κ3) is 3.47. The second-order valence-electron chi connectivity index (χ2n) is 3.36. The molecule has 0 unspecified atom stereocenters. The third-order valence-corrected chi connectivity index (χ3v) is 4.69. The predicted octanol–water partition coefficient (Wildman–Crippen LogP) is 5.59. The normalized spacial score (nSPS) is 10.5. The molecule has 0 N–H and O–H groups in total. The van der Waals surface area contributed by atoms with E-state index < -0.39 is 0 Å². The lowest BCUT2D eigenvalue weighted by Gasteiger charge is -2.10. The average molecular weight is 397 g/mol. The van der Waals surface area contributed by atoms with Crippen molar-refractivity contribution >= 4 is 54.8 Å². The molecule has 5 heteroatoms. The summed E-state index contributed by atoms with van der Waals surface area (Å²) in [4.78, 5) is 1.17. The molecule has 0 aliphatic rings. The first-order chi connectivity index (χ1) is 8.20. The highest BCUT2D eigenvalue weighted by atomic mass is 79.9. The molecule has 0 spiro atoms. The van der Waals surface area contributed by atoms with E-state index in [1.165, 1.54) is 4.88 Å². The summed E-state index contributed by atoms with van der Waals surface area (Å²) in [5.74, 6) is 1.27. The van der Waals surface area contributed by atoms with Gasteiger partial charge in [0.2, 0.25) is 0 Å². The predicted molar refractivity (Wildman–Crippen MR) is 80.1 cm³/mol. The molecule has 0 radical (unpaired) electrons. The van der Waals surface area contributed by atoms with Crippen LogP contribution in [0.4, 0.5) is 0 Å². The lowest BCUT2D eigenvalue weighted by atomic mass is 10.2. The van der Waals surface area contributed by atoms with Crippen LogP contribution in [0.15, 0.2) is 38.6 Å². The van der Waals surface area contributed by atoms with Crippen molar-refractivity contribution in [1.29, 1.82) is 0 Å². The van der Waals surface area contributed by atoms with Crippen molar-refractivity contribution in [3.63, 3.8) is 0 Å². The molecule has 1 aromatic carbocycles. The Bertz CT molecular complexity index is 513. The molecule has 0 aliphatic heterocycles. The van der Waals surface area contributed by atoms with Crippen molar-refractivity contribution in [1.82, 2.24) is 0 Å². The molecule has 0 saturated heterocycles. The number of thiophene rings is 1. The maximum absolute atomic E-state index is 5.88. The van der Waals surface area contributed by atoms with Crippen LogP contribution in [0.5, 0.6) is 5.75 Å². The highest BCUT2D eigenvalue weighted by Crippen LogP contribution is 2.32. The summed E-state index contributed by atoms with van der Waals surface area (Å²) in [5, 5.41) is 0. The van der Waals surface area contributed by atoms with Gasteiger partial charge < -0.3 is 4.74 Å². The Balaban J connectivity index is 2.13. The van der Waals surface area contributed by atoms with Crippen molar-refractivity contribution in [3.05, 3.63) is 49.0 Å². The maximum atomic E-state index is 5.88. The number of hydrogen-bond donors (Lipinski definition) is 0. The molecule has 2 aromatic rings. The van der Waals surface area contributed by atoms with Crippen LogP contribution in [0.2, 0.25) is 0 Å². The standard InChI is InChI=1S/C12H9Br2ClOS/c13-10-3-1-2-8(6-15)12(10)16-7-9-4-5-11(14)17-9/h1-5H,6-7H2. The van der Waals surface area contributed by atoms with E-state index in [0.717, 1.165) is 19.6 Å². The fourth-order valence-corrected chi connectivity index (χ4v) is 3.52. The Morgan fingerprint density at radius 3 is 2.65 bits per heavy atom. The number of hydrogen-bond acceptors (Lipinski definition) is 2. The van der Waals surface area contributed by atoms with Crippen LogP contribution in [0.25, 0.3) is 0 Å². The molecule has 0 saturated carbocycles. The smallest absolute Gasteiger partial charge is 0.138 e. The highest BCUT2D eigenvalue weighted by Gasteiger charge is 2.08. The molecule has 0 amide bonds. The summed E-state index contributed by atoms with van der Waals surface area (Å²) in [6.45, 7) is 0.558. The Kier molecular flexibility index (Phi) is 4.91. The van der Waals surface area contributed by atoms with Crippen LogP contribution in [0.3, 0.4) is 0 Å². The maximum Gasteiger partial charge on any atom is 0.138 e. The topological polar surface area (TPSA) is 9.23 Å². The van der Waals surface area contributed by atoms with Gasteiger partial charge in [-0.15, -0.1) is 22.9 Å². The SMILES string of the molecule is ClCc1cccc(Br)c1OCc1ccc(Br)s1. The molecule has 1 nitrogen and oxygen atoms in total. The van der Waals surface area contributed by atoms with Gasteiger partial charge in [0.15, 0.2) is 0 Å². The highest BCUT2D eigenvalue weighted by molar-refractivity contribution is 9.11. The zero-order chi connectivity index (χ0) is 12.3. The molecule has 1 heterocycles. The first kappa shape index (κ1) is 13.4. The van der Waals surface area contributed by atoms with Gasteiger partial charge in [-0.2, -0.15) is 0 Å². The Morgan fingerprint density at radius 2 is 2.00 bits per heavy atom. The third-order valence-electron chi connectivity index (χ3n) is 2.18. The molecule has 0 bridgehead atoms. The van der Waals surface area contributed by atoms with E-state index in [1.54, 1.807) is 11.3 Å². The van der Waals surface area contributed by atoms with Crippen LogP contribution in [0.1, 0.15) is 10.4 Å². The number of alkyl halides is 1. The molecule has 17 heavy (non-hydrogen) atoms. The van der Waals surface area contributed by atoms with Gasteiger partial charge in [0.05, 0.1) is 14.1 Å². The first-order valence-electron chi connectivity index (χ1n) is 4.91. The quantitative estimate of drug-likeness (QED) is 0.612. The van der Waals surface area contributed by atoms with Crippen molar-refractivity contribution in [2.75, 3.05) is 0 Å². The van der Waals surface area contributed by atoms with Crippen LogP contribution < -0.4 is 4.74 Å². The lowest BCUT2D eigenvalue weighted by Crippen LogP contribution is -1.96. The van der Waals surface area contributed by atoms with E-state index in [2.05, 4.69) is 31.9 Å². The summed E-state index contributed by atoms with van der Waals surface area (Å²) in [5.41, 5.74) is 0.997. The minimum Gasteiger partial charge on any atom is -0.487 e. The van der Waals surface area contributed by atoms with E-state index in [-0.39, 0.29) is 0 Å². The molecule has 2 rings (SSSR count). The summed E-state index contributed by atoms with van der Waals surface area (Å²) in [6, 6.07) is 9.95. The summed E-state index contributed by atoms with van der Waals surface area (Å²) in [7, 11) is 0. The van der Waals surface area contributed by atoms with Gasteiger partial charge in [-0.25, -0.2) is 0 Å². The molecule has 0 fully saturated rings. The van der Waals surface area contributed by atoms with Gasteiger partial charge in [-0.05, 0) is 50.1 Å². The zero-order valence-electron chi connectivity index (χ0n) is 8.75. The Morgan fingerprint density at radius 1 is 1.18 bits per heavy atom. The van der Waals surface area contributed by atoms with E-state index in [9.17, 15) is 0 Å². The van der Waals surface area contributed by atoms with E-state index in [4.69, 9.17) is 16.3 Å². The zero-order valence-corrected chi connectivity index (χ0v) is 13.5. The van der Waals surface area contributed by atoms with Gasteiger partial charge in [-0.1, -0.05) is 12.1 Å². The van der Waals surface area contributed by atoms with Crippen LogP contribution in [-0.2, 0) is 12.5 Å². The fourth-order valence-electron chi connectivity index (χ4n) is 1.39. The summed E-state index contributed by atoms with van der Waals surface area (Å²) >= 11 is 14.5. The second-order valence-corrected chi connectivity index (χ2v) is 7.03. The molecule has 1 aromatic heterocycles. The van der Waals surface area contributed by atoms with E-state index in [0.29, 0.717) is 12.5 Å². The summed E-state index contributed by atoms with van der Waals surface area (Å²) in [6.07, 6.45) is 0. The largest absolute Gasteiger partial charge is 0.487 e. The minimum atomic E-state index is 0.447. The lowest BCUT2D eigenvalue weighted by molar-refractivity contribution is 0.305. The van der Waals surface area contributed by atoms with Crippen molar-refractivity contribution in [2.24, 2.45) is 0 Å². The number of ether oxygens (including phenoxy) is 1. The van der Waals surface area contributed by atoms with Crippen molar-refractivity contribution in [2.45, 2.75) is 12.5 Å². The first-order valence-corrected chi connectivity index (χ1v) is 7.85. The van der Waals surface area contributed by atoms with Crippen molar-refractivity contribution < 1.29 is 4.74 Å². The molecular weight excluding hydrogens is 387 g/mol. The Hall–Kier alpha value is -0.0300. The van der Waals surface area contributed by atoms with Gasteiger partial charge in [0.25, 0.3) is 0 Å². The summed E-state index contributed by atoms with van der Waals surface area (Å²) < 4.78 is 7.86. The van der Waals surface area contributed by atoms with Crippen LogP contribution in [-0.4, -0.2) is 0 Å². The van der Waals surface area contributed by atoms with Gasteiger partial charge in [0, 0.05) is 10.4 Å². The second kappa shape index (κ2) is 6.23. The molecule has 90 valence electrons. The van der Waals surface area contributed by atoms with Crippen LogP contribution >= 0.6 is 54.8 Å². The molecule has 0 aliphatic carbocycles. The average Bonchev–Trinajstić information content (AvgIpc) is 2.73. The van der Waals surface area contributed by atoms with Gasteiger partial charge in [-0.3, -0.25) is 0 Å².